The maximum atomic E-state index is 4.65. The summed E-state index contributed by atoms with van der Waals surface area (Å²) in [6, 6.07) is 0. The van der Waals surface area contributed by atoms with Crippen LogP contribution in [0.3, 0.4) is 0 Å². The predicted octanol–water partition coefficient (Wildman–Crippen LogP) is 3.85. The second-order valence-corrected chi connectivity index (χ2v) is 5.78. The van der Waals surface area contributed by atoms with Crippen LogP contribution in [-0.2, 0) is 0 Å². The molecule has 0 aromatic carbocycles. The van der Waals surface area contributed by atoms with Gasteiger partial charge in [0.15, 0.2) is 5.96 Å². The number of hydrogen-bond acceptors (Lipinski definition) is 1. The van der Waals surface area contributed by atoms with Crippen LogP contribution in [-0.4, -0.2) is 25.6 Å². The van der Waals surface area contributed by atoms with Gasteiger partial charge < -0.3 is 10.6 Å². The van der Waals surface area contributed by atoms with Crippen molar-refractivity contribution in [3.05, 3.63) is 11.6 Å². The normalized spacial score (nSPS) is 19.1. The highest BCUT2D eigenvalue weighted by molar-refractivity contribution is 14.0. The molecular weight excluding hydrogens is 361 g/mol. The van der Waals surface area contributed by atoms with E-state index < -0.39 is 0 Å². The van der Waals surface area contributed by atoms with E-state index in [9.17, 15) is 0 Å². The Morgan fingerprint density at radius 3 is 2.80 bits per heavy atom. The van der Waals surface area contributed by atoms with Crippen LogP contribution >= 0.6 is 24.0 Å². The molecule has 0 heterocycles. The molecule has 0 aromatic rings. The summed E-state index contributed by atoms with van der Waals surface area (Å²) >= 11 is 0. The summed E-state index contributed by atoms with van der Waals surface area (Å²) in [5.41, 5.74) is 1.63. The molecule has 0 unspecified atom stereocenters. The van der Waals surface area contributed by atoms with Crippen molar-refractivity contribution in [3.63, 3.8) is 0 Å². The Balaban J connectivity index is 0.00000200. The standard InChI is InChI=1S/C16H29N3.HI/c1-2-17-16(19-13-11-15-8-9-15)18-12-10-14-6-4-3-5-7-14;/h6,15H,2-5,7-13H2,1H3,(H2,17,18,19);1H. The number of allylic oxidation sites excluding steroid dienone is 1. The molecule has 0 radical (unpaired) electrons. The first-order valence-corrected chi connectivity index (χ1v) is 8.08. The summed E-state index contributed by atoms with van der Waals surface area (Å²) in [6.45, 7) is 5.06. The molecule has 0 saturated heterocycles. The Morgan fingerprint density at radius 1 is 1.30 bits per heavy atom. The van der Waals surface area contributed by atoms with Gasteiger partial charge in [-0.3, -0.25) is 4.99 Å². The van der Waals surface area contributed by atoms with Gasteiger partial charge in [0.05, 0.1) is 0 Å². The number of guanidine groups is 1. The van der Waals surface area contributed by atoms with Crippen molar-refractivity contribution >= 4 is 29.9 Å². The highest BCUT2D eigenvalue weighted by atomic mass is 127. The van der Waals surface area contributed by atoms with E-state index >= 15 is 0 Å². The van der Waals surface area contributed by atoms with Gasteiger partial charge in [-0.25, -0.2) is 0 Å². The minimum absolute atomic E-state index is 0. The van der Waals surface area contributed by atoms with Gasteiger partial charge in [-0.15, -0.1) is 24.0 Å². The van der Waals surface area contributed by atoms with Crippen molar-refractivity contribution in [2.75, 3.05) is 19.6 Å². The largest absolute Gasteiger partial charge is 0.357 e. The Bertz CT molecular complexity index is 322. The zero-order valence-corrected chi connectivity index (χ0v) is 15.1. The number of rotatable bonds is 7. The van der Waals surface area contributed by atoms with Crippen LogP contribution in [0.25, 0.3) is 0 Å². The third-order valence-electron chi connectivity index (χ3n) is 3.97. The van der Waals surface area contributed by atoms with Crippen molar-refractivity contribution in [2.45, 2.75) is 58.3 Å². The average molecular weight is 391 g/mol. The molecule has 2 rings (SSSR count). The lowest BCUT2D eigenvalue weighted by Gasteiger charge is -2.15. The highest BCUT2D eigenvalue weighted by Gasteiger charge is 2.20. The maximum Gasteiger partial charge on any atom is 0.191 e. The fraction of sp³-hybridized carbons (Fsp3) is 0.812. The van der Waals surface area contributed by atoms with E-state index in [1.54, 1.807) is 5.57 Å². The molecule has 2 aliphatic rings. The summed E-state index contributed by atoms with van der Waals surface area (Å²) in [5, 5.41) is 6.79. The van der Waals surface area contributed by atoms with Gasteiger partial charge in [-0.05, 0) is 51.4 Å². The molecule has 1 saturated carbocycles. The molecular formula is C16H30IN3. The molecule has 2 aliphatic carbocycles. The SMILES string of the molecule is CCNC(=NCCC1CC1)NCCC1=CCCCC1.I. The summed E-state index contributed by atoms with van der Waals surface area (Å²) in [5.74, 6) is 1.97. The summed E-state index contributed by atoms with van der Waals surface area (Å²) in [4.78, 5) is 4.65. The molecule has 0 amide bonds. The first-order chi connectivity index (χ1) is 9.38. The Kier molecular flexibility index (Phi) is 9.31. The van der Waals surface area contributed by atoms with Gasteiger partial charge in [0.25, 0.3) is 0 Å². The lowest BCUT2D eigenvalue weighted by atomic mass is 9.97. The van der Waals surface area contributed by atoms with Crippen LogP contribution in [0.5, 0.6) is 0 Å². The smallest absolute Gasteiger partial charge is 0.191 e. The minimum atomic E-state index is 0. The van der Waals surface area contributed by atoms with E-state index in [1.165, 1.54) is 51.4 Å². The predicted molar refractivity (Wildman–Crippen MR) is 97.9 cm³/mol. The molecule has 0 bridgehead atoms. The van der Waals surface area contributed by atoms with Crippen molar-refractivity contribution in [1.82, 2.24) is 10.6 Å². The number of nitrogens with zero attached hydrogens (tertiary/aromatic N) is 1. The van der Waals surface area contributed by atoms with E-state index in [-0.39, 0.29) is 24.0 Å². The van der Waals surface area contributed by atoms with Crippen LogP contribution in [0.1, 0.15) is 58.3 Å². The van der Waals surface area contributed by atoms with Crippen molar-refractivity contribution in [3.8, 4) is 0 Å². The van der Waals surface area contributed by atoms with Gasteiger partial charge in [0.1, 0.15) is 0 Å². The topological polar surface area (TPSA) is 36.4 Å². The van der Waals surface area contributed by atoms with E-state index in [1.807, 2.05) is 0 Å². The number of aliphatic imine (C=N–C) groups is 1. The summed E-state index contributed by atoms with van der Waals surface area (Å²) in [7, 11) is 0. The molecule has 0 aliphatic heterocycles. The maximum absolute atomic E-state index is 4.65. The van der Waals surface area contributed by atoms with E-state index in [0.717, 1.165) is 31.5 Å². The number of hydrogen-bond donors (Lipinski definition) is 2. The van der Waals surface area contributed by atoms with E-state index in [2.05, 4.69) is 28.6 Å². The second kappa shape index (κ2) is 10.5. The van der Waals surface area contributed by atoms with Crippen LogP contribution in [0.15, 0.2) is 16.6 Å². The van der Waals surface area contributed by atoms with Crippen LogP contribution in [0.4, 0.5) is 0 Å². The second-order valence-electron chi connectivity index (χ2n) is 5.78. The Hall–Kier alpha value is -0.260. The first kappa shape index (κ1) is 17.8. The summed E-state index contributed by atoms with van der Waals surface area (Å²) < 4.78 is 0. The van der Waals surface area contributed by atoms with Crippen molar-refractivity contribution in [2.24, 2.45) is 10.9 Å². The van der Waals surface area contributed by atoms with E-state index in [4.69, 9.17) is 0 Å². The molecule has 116 valence electrons. The van der Waals surface area contributed by atoms with Gasteiger partial charge in [0, 0.05) is 19.6 Å². The van der Waals surface area contributed by atoms with Crippen LogP contribution in [0, 0.1) is 5.92 Å². The molecule has 20 heavy (non-hydrogen) atoms. The fourth-order valence-corrected chi connectivity index (χ4v) is 2.58. The van der Waals surface area contributed by atoms with Gasteiger partial charge >= 0.3 is 0 Å². The Labute approximate surface area is 141 Å². The molecule has 2 N–H and O–H groups in total. The first-order valence-electron chi connectivity index (χ1n) is 8.08. The van der Waals surface area contributed by atoms with E-state index in [0.29, 0.717) is 0 Å². The quantitative estimate of drug-likeness (QED) is 0.299. The number of halogens is 1. The number of nitrogens with one attached hydrogen (secondary N) is 2. The van der Waals surface area contributed by atoms with Gasteiger partial charge in [-0.2, -0.15) is 0 Å². The Morgan fingerprint density at radius 2 is 2.15 bits per heavy atom. The van der Waals surface area contributed by atoms with Crippen LogP contribution < -0.4 is 10.6 Å². The molecule has 3 nitrogen and oxygen atoms in total. The average Bonchev–Trinajstić information content (AvgIpc) is 3.24. The molecule has 4 heteroatoms. The molecule has 1 fully saturated rings. The van der Waals surface area contributed by atoms with Gasteiger partial charge in [-0.1, -0.05) is 24.5 Å². The highest BCUT2D eigenvalue weighted by Crippen LogP contribution is 2.32. The monoisotopic (exact) mass is 391 g/mol. The van der Waals surface area contributed by atoms with Gasteiger partial charge in [0.2, 0.25) is 0 Å². The summed E-state index contributed by atoms with van der Waals surface area (Å²) in [6.07, 6.45) is 13.1. The fourth-order valence-electron chi connectivity index (χ4n) is 2.58. The zero-order valence-electron chi connectivity index (χ0n) is 12.8. The third kappa shape index (κ3) is 7.50. The lowest BCUT2D eigenvalue weighted by molar-refractivity contribution is 0.664. The van der Waals surface area contributed by atoms with Crippen LogP contribution in [0.2, 0.25) is 0 Å². The lowest BCUT2D eigenvalue weighted by Crippen LogP contribution is -2.38. The molecule has 0 atom stereocenters. The third-order valence-corrected chi connectivity index (χ3v) is 3.97. The molecule has 0 spiro atoms. The van der Waals surface area contributed by atoms with Crippen molar-refractivity contribution < 1.29 is 0 Å². The molecule has 0 aromatic heterocycles. The van der Waals surface area contributed by atoms with Crippen molar-refractivity contribution in [1.29, 1.82) is 0 Å². The minimum Gasteiger partial charge on any atom is -0.357 e. The zero-order chi connectivity index (χ0) is 13.3.